The topological polar surface area (TPSA) is 30.5 Å². The van der Waals surface area contributed by atoms with Crippen LogP contribution in [0.4, 0.5) is 4.39 Å². The second kappa shape index (κ2) is 11.3. The first-order valence-electron chi connectivity index (χ1n) is 9.04. The Morgan fingerprint density at radius 1 is 0.857 bits per heavy atom. The third kappa shape index (κ3) is 6.25. The molecule has 0 saturated carbocycles. The van der Waals surface area contributed by atoms with E-state index in [2.05, 4.69) is 29.6 Å². The van der Waals surface area contributed by atoms with Gasteiger partial charge in [-0.1, -0.05) is 54.6 Å². The number of methoxy groups -OCH3 is 1. The SMILES string of the molecule is COc1cccc(CNCCc2ccccc2)c1OCc1ccc(F)cc1.Cl. The number of hydrogen-bond donors (Lipinski definition) is 1. The molecule has 3 rings (SSSR count). The monoisotopic (exact) mass is 401 g/mol. The second-order valence-corrected chi connectivity index (χ2v) is 6.28. The molecule has 0 saturated heterocycles. The van der Waals surface area contributed by atoms with E-state index in [1.807, 2.05) is 24.3 Å². The van der Waals surface area contributed by atoms with E-state index in [0.717, 1.165) is 29.8 Å². The number of ether oxygens (including phenoxy) is 2. The summed E-state index contributed by atoms with van der Waals surface area (Å²) in [6, 6.07) is 22.6. The van der Waals surface area contributed by atoms with Crippen LogP contribution in [0.15, 0.2) is 72.8 Å². The lowest BCUT2D eigenvalue weighted by atomic mass is 10.1. The minimum absolute atomic E-state index is 0. The van der Waals surface area contributed by atoms with Gasteiger partial charge in [-0.3, -0.25) is 0 Å². The number of halogens is 2. The fourth-order valence-corrected chi connectivity index (χ4v) is 2.86. The average molecular weight is 402 g/mol. The molecule has 3 aromatic rings. The van der Waals surface area contributed by atoms with Crippen molar-refractivity contribution in [2.24, 2.45) is 0 Å². The van der Waals surface area contributed by atoms with E-state index >= 15 is 0 Å². The molecule has 0 aliphatic heterocycles. The lowest BCUT2D eigenvalue weighted by Gasteiger charge is -2.16. The summed E-state index contributed by atoms with van der Waals surface area (Å²) in [5.41, 5.74) is 3.25. The molecule has 0 radical (unpaired) electrons. The van der Waals surface area contributed by atoms with Gasteiger partial charge in [0.25, 0.3) is 0 Å². The van der Waals surface area contributed by atoms with E-state index in [-0.39, 0.29) is 18.2 Å². The highest BCUT2D eigenvalue weighted by molar-refractivity contribution is 5.85. The molecule has 28 heavy (non-hydrogen) atoms. The third-order valence-corrected chi connectivity index (χ3v) is 4.33. The van der Waals surface area contributed by atoms with Crippen molar-refractivity contribution >= 4 is 12.4 Å². The van der Waals surface area contributed by atoms with Crippen LogP contribution in [0.5, 0.6) is 11.5 Å². The highest BCUT2D eigenvalue weighted by Gasteiger charge is 2.11. The Morgan fingerprint density at radius 2 is 1.61 bits per heavy atom. The summed E-state index contributed by atoms with van der Waals surface area (Å²) in [4.78, 5) is 0. The zero-order valence-corrected chi connectivity index (χ0v) is 16.7. The normalized spacial score (nSPS) is 10.2. The van der Waals surface area contributed by atoms with Crippen LogP contribution in [0.25, 0.3) is 0 Å². The molecule has 5 heteroatoms. The molecular formula is C23H25ClFNO2. The summed E-state index contributed by atoms with van der Waals surface area (Å²) < 4.78 is 24.5. The molecule has 0 bridgehead atoms. The smallest absolute Gasteiger partial charge is 0.166 e. The predicted molar refractivity (Wildman–Crippen MR) is 113 cm³/mol. The number of para-hydroxylation sites is 1. The van der Waals surface area contributed by atoms with E-state index in [4.69, 9.17) is 9.47 Å². The first-order valence-corrected chi connectivity index (χ1v) is 9.04. The highest BCUT2D eigenvalue weighted by atomic mass is 35.5. The first kappa shape index (κ1) is 21.7. The van der Waals surface area contributed by atoms with Crippen LogP contribution >= 0.6 is 12.4 Å². The van der Waals surface area contributed by atoms with Gasteiger partial charge in [-0.05, 0) is 42.3 Å². The van der Waals surface area contributed by atoms with Gasteiger partial charge in [-0.15, -0.1) is 12.4 Å². The molecule has 1 N–H and O–H groups in total. The Labute approximate surface area is 171 Å². The quantitative estimate of drug-likeness (QED) is 0.502. The van der Waals surface area contributed by atoms with E-state index in [0.29, 0.717) is 18.9 Å². The van der Waals surface area contributed by atoms with Crippen molar-refractivity contribution in [2.75, 3.05) is 13.7 Å². The van der Waals surface area contributed by atoms with Crippen LogP contribution in [0, 0.1) is 5.82 Å². The minimum atomic E-state index is -0.251. The van der Waals surface area contributed by atoms with Gasteiger partial charge in [0.2, 0.25) is 0 Å². The van der Waals surface area contributed by atoms with Gasteiger partial charge >= 0.3 is 0 Å². The van der Waals surface area contributed by atoms with Crippen LogP contribution in [-0.2, 0) is 19.6 Å². The van der Waals surface area contributed by atoms with E-state index in [9.17, 15) is 4.39 Å². The minimum Gasteiger partial charge on any atom is -0.493 e. The third-order valence-electron chi connectivity index (χ3n) is 4.33. The van der Waals surface area contributed by atoms with Crippen molar-refractivity contribution in [1.29, 1.82) is 0 Å². The van der Waals surface area contributed by atoms with Gasteiger partial charge in [-0.25, -0.2) is 4.39 Å². The van der Waals surface area contributed by atoms with Gasteiger partial charge in [-0.2, -0.15) is 0 Å². The van der Waals surface area contributed by atoms with Crippen LogP contribution in [-0.4, -0.2) is 13.7 Å². The summed E-state index contributed by atoms with van der Waals surface area (Å²) in [5.74, 6) is 1.16. The number of hydrogen-bond acceptors (Lipinski definition) is 3. The molecule has 0 aliphatic carbocycles. The van der Waals surface area contributed by atoms with Crippen molar-refractivity contribution in [1.82, 2.24) is 5.32 Å². The number of rotatable bonds is 9. The molecule has 148 valence electrons. The highest BCUT2D eigenvalue weighted by Crippen LogP contribution is 2.31. The van der Waals surface area contributed by atoms with Crippen LogP contribution < -0.4 is 14.8 Å². The standard InChI is InChI=1S/C23H24FNO2.ClH/c1-26-22-9-5-8-20(16-25-15-14-18-6-3-2-4-7-18)23(22)27-17-19-10-12-21(24)13-11-19;/h2-13,25H,14-17H2,1H3;1H. The van der Waals surface area contributed by atoms with Crippen molar-refractivity contribution in [3.05, 3.63) is 95.3 Å². The average Bonchev–Trinajstić information content (AvgIpc) is 2.72. The molecule has 0 unspecified atom stereocenters. The largest absolute Gasteiger partial charge is 0.493 e. The predicted octanol–water partition coefficient (Wildman–Crippen LogP) is 5.17. The van der Waals surface area contributed by atoms with E-state index < -0.39 is 0 Å². The van der Waals surface area contributed by atoms with Crippen LogP contribution in [0.3, 0.4) is 0 Å². The molecule has 0 aromatic heterocycles. The fraction of sp³-hybridized carbons (Fsp3) is 0.217. The summed E-state index contributed by atoms with van der Waals surface area (Å²) >= 11 is 0. The Hall–Kier alpha value is -2.56. The number of benzene rings is 3. The van der Waals surface area contributed by atoms with Crippen molar-refractivity contribution in [3.8, 4) is 11.5 Å². The molecule has 0 aliphatic rings. The molecule has 0 heterocycles. The maximum absolute atomic E-state index is 13.1. The first-order chi connectivity index (χ1) is 13.3. The molecule has 0 spiro atoms. The molecule has 3 aromatic carbocycles. The van der Waals surface area contributed by atoms with Crippen molar-refractivity contribution in [3.63, 3.8) is 0 Å². The number of nitrogens with one attached hydrogen (secondary N) is 1. The molecular weight excluding hydrogens is 377 g/mol. The maximum atomic E-state index is 13.1. The fourth-order valence-electron chi connectivity index (χ4n) is 2.86. The van der Waals surface area contributed by atoms with Gasteiger partial charge in [0, 0.05) is 12.1 Å². The molecule has 0 atom stereocenters. The van der Waals surface area contributed by atoms with Gasteiger partial charge in [0.05, 0.1) is 7.11 Å². The van der Waals surface area contributed by atoms with Crippen molar-refractivity contribution in [2.45, 2.75) is 19.6 Å². The summed E-state index contributed by atoms with van der Waals surface area (Å²) in [6.45, 7) is 1.92. The lowest BCUT2D eigenvalue weighted by Crippen LogP contribution is -2.17. The van der Waals surface area contributed by atoms with Crippen molar-refractivity contribution < 1.29 is 13.9 Å². The Morgan fingerprint density at radius 3 is 2.32 bits per heavy atom. The zero-order valence-electron chi connectivity index (χ0n) is 15.9. The Kier molecular flexibility index (Phi) is 8.79. The summed E-state index contributed by atoms with van der Waals surface area (Å²) in [5, 5.41) is 3.46. The summed E-state index contributed by atoms with van der Waals surface area (Å²) in [7, 11) is 1.63. The van der Waals surface area contributed by atoms with E-state index in [1.165, 1.54) is 17.7 Å². The zero-order chi connectivity index (χ0) is 18.9. The van der Waals surface area contributed by atoms with Gasteiger partial charge in [0.15, 0.2) is 11.5 Å². The summed E-state index contributed by atoms with van der Waals surface area (Å²) in [6.07, 6.45) is 0.969. The lowest BCUT2D eigenvalue weighted by molar-refractivity contribution is 0.280. The molecule has 0 amide bonds. The maximum Gasteiger partial charge on any atom is 0.166 e. The Bertz CT molecular complexity index is 841. The van der Waals surface area contributed by atoms with Crippen LogP contribution in [0.2, 0.25) is 0 Å². The molecule has 0 fully saturated rings. The Balaban J connectivity index is 0.00000280. The van der Waals surface area contributed by atoms with E-state index in [1.54, 1.807) is 19.2 Å². The van der Waals surface area contributed by atoms with Gasteiger partial charge in [0.1, 0.15) is 12.4 Å². The van der Waals surface area contributed by atoms with Crippen LogP contribution in [0.1, 0.15) is 16.7 Å². The molecule has 3 nitrogen and oxygen atoms in total. The second-order valence-electron chi connectivity index (χ2n) is 6.28. The van der Waals surface area contributed by atoms with Gasteiger partial charge < -0.3 is 14.8 Å².